The lowest BCUT2D eigenvalue weighted by Crippen LogP contribution is -2.33. The maximum atomic E-state index is 5.58. The van der Waals surface area contributed by atoms with Gasteiger partial charge in [-0.2, -0.15) is 0 Å². The van der Waals surface area contributed by atoms with Crippen molar-refractivity contribution in [1.82, 2.24) is 4.90 Å². The first-order valence-corrected chi connectivity index (χ1v) is 5.86. The van der Waals surface area contributed by atoms with Crippen LogP contribution in [-0.2, 0) is 0 Å². The van der Waals surface area contributed by atoms with Crippen LogP contribution in [0.2, 0.25) is 0 Å². The monoisotopic (exact) mass is 267 g/mol. The van der Waals surface area contributed by atoms with E-state index in [1.807, 2.05) is 18.2 Å². The highest BCUT2D eigenvalue weighted by atomic mass is 79.9. The molecule has 0 saturated carbocycles. The van der Waals surface area contributed by atoms with Crippen LogP contribution in [-0.4, -0.2) is 36.9 Å². The van der Waals surface area contributed by atoms with Gasteiger partial charge in [0.25, 0.3) is 0 Å². The average molecular weight is 268 g/mol. The van der Waals surface area contributed by atoms with Crippen LogP contribution in [0.3, 0.4) is 0 Å². The predicted octanol–water partition coefficient (Wildman–Crippen LogP) is 1.47. The molecule has 4 heteroatoms. The Hall–Kier alpha value is -0.870. The fourth-order valence-electron chi connectivity index (χ4n) is 1.75. The molecule has 15 heavy (non-hydrogen) atoms. The molecule has 0 fully saturated rings. The standard InChI is InChI=1S/C11H14BrN3/c12-10-4-2-1-3-9(10)11-14-6-8-15(11)7-5-13/h1-4H,5-8,13H2. The van der Waals surface area contributed by atoms with Crippen LogP contribution in [0, 0.1) is 0 Å². The van der Waals surface area contributed by atoms with Crippen molar-refractivity contribution in [1.29, 1.82) is 0 Å². The summed E-state index contributed by atoms with van der Waals surface area (Å²) in [6, 6.07) is 8.16. The minimum atomic E-state index is 0.670. The van der Waals surface area contributed by atoms with E-state index in [1.54, 1.807) is 0 Å². The van der Waals surface area contributed by atoms with Gasteiger partial charge in [0.2, 0.25) is 0 Å². The number of rotatable bonds is 3. The molecule has 0 radical (unpaired) electrons. The van der Waals surface area contributed by atoms with Crippen LogP contribution in [0.4, 0.5) is 0 Å². The zero-order valence-corrected chi connectivity index (χ0v) is 10.1. The van der Waals surface area contributed by atoms with E-state index in [0.717, 1.165) is 35.5 Å². The van der Waals surface area contributed by atoms with Crippen LogP contribution in [0.25, 0.3) is 0 Å². The molecule has 3 nitrogen and oxygen atoms in total. The Morgan fingerprint density at radius 3 is 2.93 bits per heavy atom. The molecule has 0 atom stereocenters. The van der Waals surface area contributed by atoms with E-state index in [4.69, 9.17) is 5.73 Å². The molecule has 2 N–H and O–H groups in total. The number of hydrogen-bond donors (Lipinski definition) is 1. The van der Waals surface area contributed by atoms with E-state index in [-0.39, 0.29) is 0 Å². The normalized spacial score (nSPS) is 15.6. The topological polar surface area (TPSA) is 41.6 Å². The molecule has 0 saturated heterocycles. The van der Waals surface area contributed by atoms with Crippen molar-refractivity contribution in [3.63, 3.8) is 0 Å². The average Bonchev–Trinajstić information content (AvgIpc) is 2.67. The van der Waals surface area contributed by atoms with E-state index in [2.05, 4.69) is 31.9 Å². The van der Waals surface area contributed by atoms with E-state index in [1.165, 1.54) is 0 Å². The minimum absolute atomic E-state index is 0.670. The molecule has 1 aliphatic rings. The molecule has 1 aromatic rings. The number of hydrogen-bond acceptors (Lipinski definition) is 3. The van der Waals surface area contributed by atoms with Gasteiger partial charge in [0, 0.05) is 29.7 Å². The Bertz CT molecular complexity index is 376. The fourth-order valence-corrected chi connectivity index (χ4v) is 2.22. The number of amidine groups is 1. The van der Waals surface area contributed by atoms with Gasteiger partial charge < -0.3 is 10.6 Å². The SMILES string of the molecule is NCCN1CCN=C1c1ccccc1Br. The maximum absolute atomic E-state index is 5.58. The summed E-state index contributed by atoms with van der Waals surface area (Å²) in [6.45, 7) is 3.40. The summed E-state index contributed by atoms with van der Waals surface area (Å²) in [4.78, 5) is 6.76. The molecular weight excluding hydrogens is 254 g/mol. The van der Waals surface area contributed by atoms with Crippen molar-refractivity contribution < 1.29 is 0 Å². The number of nitrogens with two attached hydrogens (primary N) is 1. The smallest absolute Gasteiger partial charge is 0.132 e. The van der Waals surface area contributed by atoms with Gasteiger partial charge in [-0.15, -0.1) is 0 Å². The van der Waals surface area contributed by atoms with Gasteiger partial charge in [-0.1, -0.05) is 34.1 Å². The van der Waals surface area contributed by atoms with Crippen LogP contribution in [0.5, 0.6) is 0 Å². The largest absolute Gasteiger partial charge is 0.353 e. The van der Waals surface area contributed by atoms with Gasteiger partial charge in [-0.05, 0) is 6.07 Å². The van der Waals surface area contributed by atoms with Crippen molar-refractivity contribution >= 4 is 21.8 Å². The minimum Gasteiger partial charge on any atom is -0.353 e. The van der Waals surface area contributed by atoms with E-state index >= 15 is 0 Å². The van der Waals surface area contributed by atoms with Crippen LogP contribution in [0.1, 0.15) is 5.56 Å². The Labute approximate surface area is 98.1 Å². The van der Waals surface area contributed by atoms with Gasteiger partial charge in [0.1, 0.15) is 5.84 Å². The molecule has 0 bridgehead atoms. The molecule has 0 unspecified atom stereocenters. The second-order valence-corrected chi connectivity index (χ2v) is 4.32. The summed E-state index contributed by atoms with van der Waals surface area (Å²) >= 11 is 3.55. The summed E-state index contributed by atoms with van der Waals surface area (Å²) < 4.78 is 1.09. The van der Waals surface area contributed by atoms with Gasteiger partial charge in [0.15, 0.2) is 0 Å². The third-order valence-electron chi connectivity index (χ3n) is 2.44. The van der Waals surface area contributed by atoms with Crippen molar-refractivity contribution in [2.75, 3.05) is 26.2 Å². The molecule has 1 aromatic carbocycles. The van der Waals surface area contributed by atoms with Crippen molar-refractivity contribution in [3.8, 4) is 0 Å². The summed E-state index contributed by atoms with van der Waals surface area (Å²) in [5.41, 5.74) is 6.73. The molecule has 1 aliphatic heterocycles. The van der Waals surface area contributed by atoms with Crippen molar-refractivity contribution in [3.05, 3.63) is 34.3 Å². The first-order chi connectivity index (χ1) is 7.33. The van der Waals surface area contributed by atoms with Gasteiger partial charge >= 0.3 is 0 Å². The van der Waals surface area contributed by atoms with Gasteiger partial charge in [-0.3, -0.25) is 4.99 Å². The summed E-state index contributed by atoms with van der Waals surface area (Å²) in [7, 11) is 0. The maximum Gasteiger partial charge on any atom is 0.132 e. The van der Waals surface area contributed by atoms with Gasteiger partial charge in [0.05, 0.1) is 6.54 Å². The van der Waals surface area contributed by atoms with E-state index in [0.29, 0.717) is 6.54 Å². The number of halogens is 1. The fraction of sp³-hybridized carbons (Fsp3) is 0.364. The molecule has 0 aromatic heterocycles. The second kappa shape index (κ2) is 4.77. The van der Waals surface area contributed by atoms with E-state index in [9.17, 15) is 0 Å². The first-order valence-electron chi connectivity index (χ1n) is 5.07. The Kier molecular flexibility index (Phi) is 3.38. The Balaban J connectivity index is 2.27. The quantitative estimate of drug-likeness (QED) is 0.902. The molecule has 0 aliphatic carbocycles. The molecule has 0 spiro atoms. The van der Waals surface area contributed by atoms with Crippen LogP contribution < -0.4 is 5.73 Å². The lowest BCUT2D eigenvalue weighted by molar-refractivity contribution is 0.468. The van der Waals surface area contributed by atoms with Gasteiger partial charge in [-0.25, -0.2) is 0 Å². The highest BCUT2D eigenvalue weighted by molar-refractivity contribution is 9.10. The summed E-state index contributed by atoms with van der Waals surface area (Å²) in [6.07, 6.45) is 0. The zero-order valence-electron chi connectivity index (χ0n) is 8.49. The Morgan fingerprint density at radius 2 is 2.20 bits per heavy atom. The van der Waals surface area contributed by atoms with Crippen LogP contribution >= 0.6 is 15.9 Å². The zero-order chi connectivity index (χ0) is 10.7. The highest BCUT2D eigenvalue weighted by Crippen LogP contribution is 2.20. The molecule has 80 valence electrons. The highest BCUT2D eigenvalue weighted by Gasteiger charge is 2.18. The number of aliphatic imine (C=N–C) groups is 1. The molecule has 2 rings (SSSR count). The predicted molar refractivity (Wildman–Crippen MR) is 66.2 cm³/mol. The van der Waals surface area contributed by atoms with Crippen LogP contribution in [0.15, 0.2) is 33.7 Å². The number of nitrogens with zero attached hydrogens (tertiary/aromatic N) is 2. The number of benzene rings is 1. The van der Waals surface area contributed by atoms with Crippen molar-refractivity contribution in [2.45, 2.75) is 0 Å². The summed E-state index contributed by atoms with van der Waals surface area (Å²) in [5, 5.41) is 0. The van der Waals surface area contributed by atoms with Crippen molar-refractivity contribution in [2.24, 2.45) is 10.7 Å². The van der Waals surface area contributed by atoms with E-state index < -0.39 is 0 Å². The second-order valence-electron chi connectivity index (χ2n) is 3.46. The lowest BCUT2D eigenvalue weighted by atomic mass is 10.2. The third kappa shape index (κ3) is 2.21. The lowest BCUT2D eigenvalue weighted by Gasteiger charge is -2.20. The summed E-state index contributed by atoms with van der Waals surface area (Å²) in [5.74, 6) is 1.06. The molecular formula is C11H14BrN3. The molecule has 0 amide bonds. The first kappa shape index (κ1) is 10.6. The third-order valence-corrected chi connectivity index (χ3v) is 3.14. The Morgan fingerprint density at radius 1 is 1.40 bits per heavy atom. The molecule has 1 heterocycles.